The lowest BCUT2D eigenvalue weighted by molar-refractivity contribution is -0.152. The lowest BCUT2D eigenvalue weighted by Crippen LogP contribution is -2.61. The van der Waals surface area contributed by atoms with Gasteiger partial charge in [-0.3, -0.25) is 9.80 Å². The number of hydrogen-bond acceptors (Lipinski definition) is 12. The molecule has 4 unspecified atom stereocenters. The lowest BCUT2D eigenvalue weighted by Gasteiger charge is -2.53. The molecule has 0 aromatic heterocycles. The van der Waals surface area contributed by atoms with Crippen LogP contribution in [0.15, 0.2) is 60.7 Å². The van der Waals surface area contributed by atoms with Crippen LogP contribution < -0.4 is 18.9 Å². The number of carbonyl (C=O) groups is 2. The molecule has 0 aliphatic carbocycles. The van der Waals surface area contributed by atoms with Gasteiger partial charge >= 0.3 is 11.9 Å². The second-order valence-corrected chi connectivity index (χ2v) is 18.3. The van der Waals surface area contributed by atoms with E-state index >= 15 is 0 Å². The fraction of sp³-hybridized carbons (Fsp3) is 0.600. The molecule has 4 atom stereocenters. The maximum atomic E-state index is 13.6. The monoisotopic (exact) mass is 859 g/mol. The van der Waals surface area contributed by atoms with Gasteiger partial charge in [-0.25, -0.2) is 9.59 Å². The van der Waals surface area contributed by atoms with Crippen LogP contribution in [0.25, 0.3) is 0 Å². The van der Waals surface area contributed by atoms with E-state index in [1.165, 1.54) is 14.2 Å². The van der Waals surface area contributed by atoms with E-state index in [-0.39, 0.29) is 35.4 Å². The van der Waals surface area contributed by atoms with Crippen molar-refractivity contribution in [1.82, 2.24) is 9.80 Å². The summed E-state index contributed by atoms with van der Waals surface area (Å²) >= 11 is 0. The van der Waals surface area contributed by atoms with E-state index in [9.17, 15) is 9.59 Å². The third-order valence-electron chi connectivity index (χ3n) is 11.7. The molecular formula is C50H70N2O10. The molecule has 0 spiro atoms. The lowest BCUT2D eigenvalue weighted by atomic mass is 9.79. The van der Waals surface area contributed by atoms with E-state index < -0.39 is 36.7 Å². The third kappa shape index (κ3) is 14.4. The van der Waals surface area contributed by atoms with E-state index in [1.54, 1.807) is 38.1 Å². The van der Waals surface area contributed by atoms with Crippen molar-refractivity contribution in [2.75, 3.05) is 40.5 Å². The second-order valence-electron chi connectivity index (χ2n) is 18.3. The molecule has 12 heteroatoms. The molecule has 2 aliphatic heterocycles. The summed E-state index contributed by atoms with van der Waals surface area (Å²) in [5.41, 5.74) is -0.635. The van der Waals surface area contributed by atoms with Gasteiger partial charge in [-0.15, -0.1) is 11.8 Å². The highest BCUT2D eigenvalue weighted by atomic mass is 16.7. The highest BCUT2D eigenvalue weighted by molar-refractivity contribution is 5.91. The Morgan fingerprint density at radius 1 is 0.581 bits per heavy atom. The normalized spacial score (nSPS) is 19.9. The van der Waals surface area contributed by atoms with Crippen LogP contribution in [0.1, 0.15) is 108 Å². The number of likely N-dealkylation sites (tertiary alicyclic amines) is 2. The van der Waals surface area contributed by atoms with Crippen molar-refractivity contribution in [3.63, 3.8) is 0 Å². The molecule has 0 N–H and O–H groups in total. The molecule has 2 aliphatic rings. The van der Waals surface area contributed by atoms with Gasteiger partial charge in [-0.1, -0.05) is 24.3 Å². The molecule has 0 bridgehead atoms. The Morgan fingerprint density at radius 3 is 1.21 bits per heavy atom. The van der Waals surface area contributed by atoms with Gasteiger partial charge < -0.3 is 37.9 Å². The van der Waals surface area contributed by atoms with Crippen LogP contribution in [-0.2, 0) is 28.5 Å². The van der Waals surface area contributed by atoms with Crippen LogP contribution in [0.3, 0.4) is 0 Å². The smallest absolute Gasteiger partial charge is 0.331 e. The van der Waals surface area contributed by atoms with Crippen LogP contribution in [0.4, 0.5) is 0 Å². The number of para-hydroxylation sites is 4. The summed E-state index contributed by atoms with van der Waals surface area (Å²) in [5, 5.41) is 0. The highest BCUT2D eigenvalue weighted by Crippen LogP contribution is 2.40. The highest BCUT2D eigenvalue weighted by Gasteiger charge is 2.44. The number of ether oxygens (including phenoxy) is 8. The first-order valence-electron chi connectivity index (χ1n) is 21.7. The third-order valence-corrected chi connectivity index (χ3v) is 11.7. The molecule has 2 heterocycles. The molecule has 340 valence electrons. The number of hydrogen-bond donors (Lipinski definition) is 0. The first kappa shape index (κ1) is 49.9. The minimum absolute atomic E-state index is 0.0202. The Morgan fingerprint density at radius 2 is 0.903 bits per heavy atom. The number of methoxy groups -OCH3 is 2. The molecule has 2 saturated heterocycles. The number of piperidine rings is 2. The Kier molecular flexibility index (Phi) is 18.2. The molecule has 2 aromatic carbocycles. The summed E-state index contributed by atoms with van der Waals surface area (Å²) in [5.74, 6) is 11.7. The first-order chi connectivity index (χ1) is 29.3. The quantitative estimate of drug-likeness (QED) is 0.0552. The standard InChI is InChI=1S/C50H70N2O10/c1-13-21-45(55-11)61-41-25-17-15-23-39(41)57-35-37(33-51-47(3,4)29-19-30-48(51,5)6)59-43(53)27-28-44(54)60-38(34-52-49(7,8)31-20-32-50(52,9)10)36-58-40-24-16-18-26-42(40)62-46(56-12)22-14-2/h15-18,23-28,37-38,45-46H,19-20,29-36H2,1-12H3/b28-27+. The van der Waals surface area contributed by atoms with Crippen LogP contribution in [0, 0.1) is 23.7 Å². The summed E-state index contributed by atoms with van der Waals surface area (Å²) < 4.78 is 47.5. The van der Waals surface area contributed by atoms with Gasteiger partial charge in [0.05, 0.1) is 0 Å². The Labute approximate surface area is 370 Å². The van der Waals surface area contributed by atoms with E-state index in [2.05, 4.69) is 88.9 Å². The second kappa shape index (κ2) is 22.6. The summed E-state index contributed by atoms with van der Waals surface area (Å²) in [7, 11) is 3.03. The molecule has 0 radical (unpaired) electrons. The average Bonchev–Trinajstić information content (AvgIpc) is 3.20. The molecule has 0 saturated carbocycles. The molecule has 4 rings (SSSR count). The molecule has 2 fully saturated rings. The van der Waals surface area contributed by atoms with Crippen molar-refractivity contribution in [2.24, 2.45) is 0 Å². The Bertz CT molecular complexity index is 1760. The number of benzene rings is 2. The Balaban J connectivity index is 1.54. The number of rotatable bonds is 20. The van der Waals surface area contributed by atoms with E-state index in [4.69, 9.17) is 37.9 Å². The van der Waals surface area contributed by atoms with Gasteiger partial charge in [0, 0.05) is 61.6 Å². The van der Waals surface area contributed by atoms with Crippen LogP contribution >= 0.6 is 0 Å². The predicted molar refractivity (Wildman–Crippen MR) is 240 cm³/mol. The van der Waals surface area contributed by atoms with Crippen LogP contribution in [-0.4, -0.2) is 109 Å². The topological polar surface area (TPSA) is 114 Å². The van der Waals surface area contributed by atoms with Crippen LogP contribution in [0.5, 0.6) is 23.0 Å². The van der Waals surface area contributed by atoms with E-state index in [0.717, 1.165) is 50.7 Å². The maximum absolute atomic E-state index is 13.6. The number of esters is 2. The van der Waals surface area contributed by atoms with E-state index in [1.807, 2.05) is 24.3 Å². The summed E-state index contributed by atoms with van der Waals surface area (Å²) in [6.45, 7) is 21.9. The minimum Gasteiger partial charge on any atom is -0.486 e. The number of nitrogens with zero attached hydrogens (tertiary/aromatic N) is 2. The largest absolute Gasteiger partial charge is 0.486 e. The fourth-order valence-electron chi connectivity index (χ4n) is 8.71. The van der Waals surface area contributed by atoms with Crippen LogP contribution in [0.2, 0.25) is 0 Å². The summed E-state index contributed by atoms with van der Waals surface area (Å²) in [4.78, 5) is 32.0. The average molecular weight is 859 g/mol. The SMILES string of the molecule is CC#CC(OC)Oc1ccccc1OCC(CN1C(C)(C)CCCC1(C)C)OC(=O)/C=C/C(=O)OC(COc1ccccc1OC(C#CC)OC)CN1C(C)(C)CCCC1(C)C. The van der Waals surface area contributed by atoms with Gasteiger partial charge in [0.1, 0.15) is 25.4 Å². The van der Waals surface area contributed by atoms with Crippen molar-refractivity contribution in [3.05, 3.63) is 60.7 Å². The summed E-state index contributed by atoms with van der Waals surface area (Å²) in [6, 6.07) is 14.4. The van der Waals surface area contributed by atoms with Gasteiger partial charge in [-0.05, 0) is 144 Å². The molecule has 0 amide bonds. The number of carbonyl (C=O) groups excluding carboxylic acids is 2. The maximum Gasteiger partial charge on any atom is 0.331 e. The zero-order valence-corrected chi connectivity index (χ0v) is 39.1. The van der Waals surface area contributed by atoms with Gasteiger partial charge in [0.25, 0.3) is 12.6 Å². The van der Waals surface area contributed by atoms with Crippen molar-refractivity contribution >= 4 is 11.9 Å². The van der Waals surface area contributed by atoms with Crippen molar-refractivity contribution in [3.8, 4) is 46.7 Å². The van der Waals surface area contributed by atoms with Crippen molar-refractivity contribution in [2.45, 2.75) is 155 Å². The predicted octanol–water partition coefficient (Wildman–Crippen LogP) is 8.36. The fourth-order valence-corrected chi connectivity index (χ4v) is 8.71. The van der Waals surface area contributed by atoms with Gasteiger partial charge in [0.15, 0.2) is 23.0 Å². The molecule has 12 nitrogen and oxygen atoms in total. The van der Waals surface area contributed by atoms with Crippen molar-refractivity contribution < 1.29 is 47.5 Å². The van der Waals surface area contributed by atoms with Crippen molar-refractivity contribution in [1.29, 1.82) is 0 Å². The summed E-state index contributed by atoms with van der Waals surface area (Å²) in [6.07, 6.45) is 5.38. The zero-order chi connectivity index (χ0) is 45.6. The van der Waals surface area contributed by atoms with Gasteiger partial charge in [0.2, 0.25) is 0 Å². The Hall–Kier alpha value is -4.72. The van der Waals surface area contributed by atoms with Gasteiger partial charge in [-0.2, -0.15) is 0 Å². The van der Waals surface area contributed by atoms with E-state index in [0.29, 0.717) is 36.1 Å². The minimum atomic E-state index is -0.790. The molecular weight excluding hydrogens is 789 g/mol. The molecule has 2 aromatic rings. The zero-order valence-electron chi connectivity index (χ0n) is 39.1. The molecule has 62 heavy (non-hydrogen) atoms. The first-order valence-corrected chi connectivity index (χ1v) is 21.7.